The fourth-order valence-electron chi connectivity index (χ4n) is 0.977. The Hall–Kier alpha value is -0.490. The first kappa shape index (κ1) is 15.5. The van der Waals surface area contributed by atoms with Gasteiger partial charge in [-0.2, -0.15) is 0 Å². The maximum atomic E-state index is 11.4. The summed E-state index contributed by atoms with van der Waals surface area (Å²) >= 11 is 0. The number of ether oxygens (including phenoxy) is 1. The van der Waals surface area contributed by atoms with Crippen molar-refractivity contribution in [2.24, 2.45) is 0 Å². The number of carbonyl (C=O) groups is 1. The molecular formula is C10H18O4S2. The minimum absolute atomic E-state index is 0.274. The predicted molar refractivity (Wildman–Crippen MR) is 67.2 cm³/mol. The van der Waals surface area contributed by atoms with Gasteiger partial charge in [0.1, 0.15) is 0 Å². The van der Waals surface area contributed by atoms with E-state index >= 15 is 0 Å². The van der Waals surface area contributed by atoms with Crippen molar-refractivity contribution in [1.82, 2.24) is 0 Å². The van der Waals surface area contributed by atoms with Gasteiger partial charge in [-0.05, 0) is 12.8 Å². The van der Waals surface area contributed by atoms with Crippen LogP contribution in [0.15, 0.2) is 12.7 Å². The number of esters is 1. The molecule has 16 heavy (non-hydrogen) atoms. The van der Waals surface area contributed by atoms with Crippen molar-refractivity contribution in [3.05, 3.63) is 12.7 Å². The highest BCUT2D eigenvalue weighted by Crippen LogP contribution is 1.94. The lowest BCUT2D eigenvalue weighted by Crippen LogP contribution is -2.09. The van der Waals surface area contributed by atoms with Gasteiger partial charge < -0.3 is 4.74 Å². The Balaban J connectivity index is 3.40. The fraction of sp³-hybridized carbons (Fsp3) is 0.700. The lowest BCUT2D eigenvalue weighted by molar-refractivity contribution is -0.137. The van der Waals surface area contributed by atoms with E-state index in [1.807, 2.05) is 0 Å². The molecule has 0 aromatic carbocycles. The third-order valence-corrected chi connectivity index (χ3v) is 4.08. The number of carbonyl (C=O) groups excluding carboxylic acids is 1. The van der Waals surface area contributed by atoms with Crippen LogP contribution in [-0.2, 0) is 31.1 Å². The van der Waals surface area contributed by atoms with Crippen LogP contribution in [0.5, 0.6) is 0 Å². The molecule has 94 valence electrons. The van der Waals surface area contributed by atoms with Crippen molar-refractivity contribution in [3.63, 3.8) is 0 Å². The van der Waals surface area contributed by atoms with Crippen LogP contribution in [-0.4, -0.2) is 44.5 Å². The van der Waals surface area contributed by atoms with Gasteiger partial charge in [0.05, 0.1) is 6.61 Å². The number of rotatable bonds is 9. The first-order valence-electron chi connectivity index (χ1n) is 5.00. The Labute approximate surface area is 101 Å². The summed E-state index contributed by atoms with van der Waals surface area (Å²) in [5, 5.41) is 0. The molecule has 6 heteroatoms. The van der Waals surface area contributed by atoms with Gasteiger partial charge in [-0.15, -0.1) is 0 Å². The van der Waals surface area contributed by atoms with Gasteiger partial charge in [-0.1, -0.05) is 6.58 Å². The first-order valence-corrected chi connectivity index (χ1v) is 8.22. The van der Waals surface area contributed by atoms with E-state index in [1.54, 1.807) is 6.26 Å². The Bertz CT molecular complexity index is 276. The summed E-state index contributed by atoms with van der Waals surface area (Å²) in [6, 6.07) is 0. The zero-order valence-corrected chi connectivity index (χ0v) is 11.1. The maximum Gasteiger partial charge on any atom is 0.330 e. The molecule has 0 radical (unpaired) electrons. The van der Waals surface area contributed by atoms with Crippen LogP contribution in [0.2, 0.25) is 0 Å². The molecule has 0 aromatic heterocycles. The largest absolute Gasteiger partial charge is 0.463 e. The highest BCUT2D eigenvalue weighted by Gasteiger charge is 2.02. The molecular weight excluding hydrogens is 248 g/mol. The summed E-state index contributed by atoms with van der Waals surface area (Å²) in [7, 11) is -1.72. The van der Waals surface area contributed by atoms with E-state index in [9.17, 15) is 13.2 Å². The summed E-state index contributed by atoms with van der Waals surface area (Å²) in [5.74, 6) is 1.22. The van der Waals surface area contributed by atoms with Gasteiger partial charge >= 0.3 is 5.97 Å². The van der Waals surface area contributed by atoms with E-state index in [1.165, 1.54) is 0 Å². The number of hydrogen-bond donors (Lipinski definition) is 0. The van der Waals surface area contributed by atoms with E-state index in [4.69, 9.17) is 4.74 Å². The standard InChI is InChI=1S/C10H18O4S2/c1-3-10(11)14-6-4-8-16(13)9-5-7-15(2)12/h3H,1,4-9H2,2H3. The molecule has 0 bridgehead atoms. The third kappa shape index (κ3) is 10.0. The van der Waals surface area contributed by atoms with Crippen molar-refractivity contribution in [1.29, 1.82) is 0 Å². The summed E-state index contributed by atoms with van der Waals surface area (Å²) < 4.78 is 26.9. The Morgan fingerprint density at radius 3 is 2.44 bits per heavy atom. The van der Waals surface area contributed by atoms with Crippen LogP contribution < -0.4 is 0 Å². The van der Waals surface area contributed by atoms with Gasteiger partial charge in [0.25, 0.3) is 0 Å². The zero-order chi connectivity index (χ0) is 12.4. The van der Waals surface area contributed by atoms with Crippen LogP contribution in [0.25, 0.3) is 0 Å². The van der Waals surface area contributed by atoms with Crippen LogP contribution in [0.4, 0.5) is 0 Å². The van der Waals surface area contributed by atoms with Gasteiger partial charge in [-0.25, -0.2) is 4.79 Å². The third-order valence-electron chi connectivity index (χ3n) is 1.73. The summed E-state index contributed by atoms with van der Waals surface area (Å²) in [6.45, 7) is 3.54. The molecule has 0 aliphatic rings. The smallest absolute Gasteiger partial charge is 0.330 e. The molecule has 0 fully saturated rings. The molecule has 2 unspecified atom stereocenters. The number of hydrogen-bond acceptors (Lipinski definition) is 4. The predicted octanol–water partition coefficient (Wildman–Crippen LogP) is 0.623. The van der Waals surface area contributed by atoms with Crippen LogP contribution in [0.3, 0.4) is 0 Å². The zero-order valence-electron chi connectivity index (χ0n) is 9.48. The van der Waals surface area contributed by atoms with E-state index in [0.717, 1.165) is 6.08 Å². The average molecular weight is 266 g/mol. The molecule has 0 aliphatic heterocycles. The molecule has 0 N–H and O–H groups in total. The molecule has 0 rings (SSSR count). The van der Waals surface area contributed by atoms with Crippen molar-refractivity contribution in [3.8, 4) is 0 Å². The van der Waals surface area contributed by atoms with Crippen LogP contribution >= 0.6 is 0 Å². The van der Waals surface area contributed by atoms with Crippen molar-refractivity contribution in [2.75, 3.05) is 30.1 Å². The summed E-state index contributed by atoms with van der Waals surface area (Å²) in [6.07, 6.45) is 4.04. The second-order valence-corrected chi connectivity index (χ2v) is 6.45. The minimum atomic E-state index is -0.905. The topological polar surface area (TPSA) is 60.4 Å². The summed E-state index contributed by atoms with van der Waals surface area (Å²) in [5.41, 5.74) is 0. The molecule has 0 amide bonds. The highest BCUT2D eigenvalue weighted by atomic mass is 32.2. The molecule has 0 heterocycles. The Kier molecular flexibility index (Phi) is 9.42. The van der Waals surface area contributed by atoms with Crippen LogP contribution in [0, 0.1) is 0 Å². The van der Waals surface area contributed by atoms with E-state index in [-0.39, 0.29) is 6.61 Å². The molecule has 0 saturated heterocycles. The Morgan fingerprint density at radius 1 is 1.25 bits per heavy atom. The molecule has 0 aromatic rings. The van der Waals surface area contributed by atoms with Crippen molar-refractivity contribution < 1.29 is 17.9 Å². The van der Waals surface area contributed by atoms with Crippen molar-refractivity contribution in [2.45, 2.75) is 12.8 Å². The lowest BCUT2D eigenvalue weighted by atomic mass is 10.5. The van der Waals surface area contributed by atoms with E-state index in [0.29, 0.717) is 30.1 Å². The molecule has 0 saturated carbocycles. The average Bonchev–Trinajstić information content (AvgIpc) is 2.23. The van der Waals surface area contributed by atoms with Crippen molar-refractivity contribution >= 4 is 27.6 Å². The quantitative estimate of drug-likeness (QED) is 0.349. The van der Waals surface area contributed by atoms with Crippen LogP contribution in [0.1, 0.15) is 12.8 Å². The second-order valence-electron chi connectivity index (χ2n) is 3.20. The van der Waals surface area contributed by atoms with Gasteiger partial charge in [0.15, 0.2) is 0 Å². The van der Waals surface area contributed by atoms with E-state index < -0.39 is 27.6 Å². The molecule has 4 nitrogen and oxygen atoms in total. The highest BCUT2D eigenvalue weighted by molar-refractivity contribution is 7.85. The molecule has 0 spiro atoms. The second kappa shape index (κ2) is 9.72. The van der Waals surface area contributed by atoms with Gasteiger partial charge in [-0.3, -0.25) is 8.42 Å². The van der Waals surface area contributed by atoms with Gasteiger partial charge in [0.2, 0.25) is 0 Å². The lowest BCUT2D eigenvalue weighted by Gasteiger charge is -2.02. The normalized spacial score (nSPS) is 14.1. The molecule has 2 atom stereocenters. The maximum absolute atomic E-state index is 11.4. The summed E-state index contributed by atoms with van der Waals surface area (Å²) in [4.78, 5) is 10.7. The molecule has 0 aliphatic carbocycles. The van der Waals surface area contributed by atoms with Gasteiger partial charge in [0, 0.05) is 51.2 Å². The van der Waals surface area contributed by atoms with E-state index in [2.05, 4.69) is 6.58 Å². The first-order chi connectivity index (χ1) is 7.56. The minimum Gasteiger partial charge on any atom is -0.463 e. The SMILES string of the molecule is C=CC(=O)OCCCS(=O)CCCS(C)=O. The monoisotopic (exact) mass is 266 g/mol. The fourth-order valence-corrected chi connectivity index (χ4v) is 2.82. The Morgan fingerprint density at radius 2 is 1.88 bits per heavy atom.